The van der Waals surface area contributed by atoms with Crippen LogP contribution in [-0.2, 0) is 19.9 Å². The standard InChI is InChI=1S/C20H16FN3O2S/c1-24-10-15(18(25)13-8-11(21)6-7-16(13)24)19(26)23-20-14(9-22)12-4-2-3-5-17(12)27-20/h6-8,10H,2-5H2,1H3,(H,23,26). The van der Waals surface area contributed by atoms with Gasteiger partial charge in [0.15, 0.2) is 0 Å². The molecule has 1 aromatic carbocycles. The molecule has 1 aliphatic rings. The van der Waals surface area contributed by atoms with Crippen LogP contribution in [0.25, 0.3) is 10.9 Å². The molecule has 0 saturated carbocycles. The molecule has 0 unspecified atom stereocenters. The molecule has 0 atom stereocenters. The highest BCUT2D eigenvalue weighted by Gasteiger charge is 2.23. The van der Waals surface area contributed by atoms with Crippen LogP contribution >= 0.6 is 11.3 Å². The average molecular weight is 381 g/mol. The lowest BCUT2D eigenvalue weighted by Gasteiger charge is -2.10. The van der Waals surface area contributed by atoms with Crippen LogP contribution in [0.15, 0.2) is 29.2 Å². The van der Waals surface area contributed by atoms with Crippen LogP contribution in [0.2, 0.25) is 0 Å². The maximum absolute atomic E-state index is 13.6. The predicted octanol–water partition coefficient (Wildman–Crippen LogP) is 3.74. The van der Waals surface area contributed by atoms with E-state index in [2.05, 4.69) is 11.4 Å². The van der Waals surface area contributed by atoms with Crippen LogP contribution in [0.5, 0.6) is 0 Å². The van der Waals surface area contributed by atoms with Crippen molar-refractivity contribution in [1.82, 2.24) is 4.57 Å². The van der Waals surface area contributed by atoms with Crippen molar-refractivity contribution in [1.29, 1.82) is 5.26 Å². The highest BCUT2D eigenvalue weighted by Crippen LogP contribution is 2.37. The Kier molecular flexibility index (Phi) is 4.28. The van der Waals surface area contributed by atoms with Gasteiger partial charge in [-0.05, 0) is 49.4 Å². The van der Waals surface area contributed by atoms with Gasteiger partial charge < -0.3 is 9.88 Å². The molecule has 136 valence electrons. The molecule has 4 rings (SSSR count). The minimum Gasteiger partial charge on any atom is -0.350 e. The number of halogens is 1. The zero-order chi connectivity index (χ0) is 19.1. The van der Waals surface area contributed by atoms with E-state index in [1.54, 1.807) is 11.6 Å². The van der Waals surface area contributed by atoms with Gasteiger partial charge in [0.1, 0.15) is 22.5 Å². The van der Waals surface area contributed by atoms with Crippen molar-refractivity contribution in [2.24, 2.45) is 7.05 Å². The number of aryl methyl sites for hydroxylation is 2. The molecule has 1 N–H and O–H groups in total. The highest BCUT2D eigenvalue weighted by atomic mass is 32.1. The second-order valence-corrected chi connectivity index (χ2v) is 7.73. The van der Waals surface area contributed by atoms with Crippen molar-refractivity contribution >= 4 is 33.1 Å². The molecule has 1 amide bonds. The van der Waals surface area contributed by atoms with Gasteiger partial charge >= 0.3 is 0 Å². The molecule has 7 heteroatoms. The monoisotopic (exact) mass is 381 g/mol. The van der Waals surface area contributed by atoms with E-state index in [1.165, 1.54) is 29.7 Å². The zero-order valence-electron chi connectivity index (χ0n) is 14.6. The number of nitrogens with one attached hydrogen (secondary N) is 1. The summed E-state index contributed by atoms with van der Waals surface area (Å²) in [7, 11) is 1.70. The largest absolute Gasteiger partial charge is 0.350 e. The van der Waals surface area contributed by atoms with Gasteiger partial charge in [-0.15, -0.1) is 11.3 Å². The molecule has 0 bridgehead atoms. The van der Waals surface area contributed by atoms with E-state index in [9.17, 15) is 19.2 Å². The van der Waals surface area contributed by atoms with Crippen LogP contribution in [0.3, 0.4) is 0 Å². The Hall–Kier alpha value is -2.98. The SMILES string of the molecule is Cn1cc(C(=O)Nc2sc3c(c2C#N)CCCC3)c(=O)c2cc(F)ccc21. The van der Waals surface area contributed by atoms with Crippen molar-refractivity contribution in [2.75, 3.05) is 5.32 Å². The van der Waals surface area contributed by atoms with Crippen molar-refractivity contribution in [3.63, 3.8) is 0 Å². The van der Waals surface area contributed by atoms with Crippen molar-refractivity contribution < 1.29 is 9.18 Å². The van der Waals surface area contributed by atoms with Crippen molar-refractivity contribution in [3.8, 4) is 6.07 Å². The number of hydrogen-bond acceptors (Lipinski definition) is 4. The summed E-state index contributed by atoms with van der Waals surface area (Å²) in [5.41, 5.74) is 1.44. The van der Waals surface area contributed by atoms with Crippen LogP contribution in [-0.4, -0.2) is 10.5 Å². The number of aromatic nitrogens is 1. The van der Waals surface area contributed by atoms with E-state index in [0.717, 1.165) is 42.2 Å². The molecule has 27 heavy (non-hydrogen) atoms. The Bertz CT molecular complexity index is 1190. The number of fused-ring (bicyclic) bond motifs is 2. The van der Waals surface area contributed by atoms with E-state index in [-0.39, 0.29) is 10.9 Å². The first-order valence-electron chi connectivity index (χ1n) is 8.64. The maximum atomic E-state index is 13.6. The summed E-state index contributed by atoms with van der Waals surface area (Å²) < 4.78 is 15.2. The Balaban J connectivity index is 1.77. The summed E-state index contributed by atoms with van der Waals surface area (Å²) in [4.78, 5) is 26.6. The van der Waals surface area contributed by atoms with E-state index in [4.69, 9.17) is 0 Å². The number of hydrogen-bond donors (Lipinski definition) is 1. The first kappa shape index (κ1) is 17.4. The molecular formula is C20H16FN3O2S. The summed E-state index contributed by atoms with van der Waals surface area (Å²) >= 11 is 1.40. The van der Waals surface area contributed by atoms with Crippen LogP contribution in [0.1, 0.15) is 39.2 Å². The van der Waals surface area contributed by atoms with Gasteiger partial charge in [-0.2, -0.15) is 5.26 Å². The zero-order valence-corrected chi connectivity index (χ0v) is 15.5. The summed E-state index contributed by atoms with van der Waals surface area (Å²) in [6.45, 7) is 0. The lowest BCUT2D eigenvalue weighted by molar-refractivity contribution is 0.102. The third kappa shape index (κ3) is 2.92. The minimum atomic E-state index is -0.586. The lowest BCUT2D eigenvalue weighted by atomic mass is 9.96. The van der Waals surface area contributed by atoms with Crippen LogP contribution in [0, 0.1) is 17.1 Å². The van der Waals surface area contributed by atoms with E-state index < -0.39 is 17.2 Å². The molecule has 1 aliphatic carbocycles. The van der Waals surface area contributed by atoms with E-state index in [1.807, 2.05) is 0 Å². The molecule has 2 heterocycles. The fourth-order valence-electron chi connectivity index (χ4n) is 3.57. The van der Waals surface area contributed by atoms with Crippen LogP contribution < -0.4 is 10.7 Å². The van der Waals surface area contributed by atoms with Gasteiger partial charge in [0.25, 0.3) is 5.91 Å². The third-order valence-corrected chi connectivity index (χ3v) is 6.11. The predicted molar refractivity (Wildman–Crippen MR) is 103 cm³/mol. The first-order valence-corrected chi connectivity index (χ1v) is 9.46. The first-order chi connectivity index (χ1) is 13.0. The lowest BCUT2D eigenvalue weighted by Crippen LogP contribution is -2.23. The minimum absolute atomic E-state index is 0.0779. The molecule has 2 aromatic heterocycles. The van der Waals surface area contributed by atoms with Crippen molar-refractivity contribution in [2.45, 2.75) is 25.7 Å². The molecule has 3 aromatic rings. The number of rotatable bonds is 2. The third-order valence-electron chi connectivity index (χ3n) is 4.91. The van der Waals surface area contributed by atoms with Crippen LogP contribution in [0.4, 0.5) is 9.39 Å². The molecule has 0 spiro atoms. The average Bonchev–Trinajstić information content (AvgIpc) is 3.01. The van der Waals surface area contributed by atoms with Gasteiger partial charge in [-0.1, -0.05) is 0 Å². The number of amides is 1. The summed E-state index contributed by atoms with van der Waals surface area (Å²) in [5, 5.41) is 12.9. The number of thiophene rings is 1. The molecule has 0 aliphatic heterocycles. The Morgan fingerprint density at radius 2 is 2.11 bits per heavy atom. The van der Waals surface area contributed by atoms with Gasteiger partial charge in [0.2, 0.25) is 5.43 Å². The Labute approximate surface area is 158 Å². The van der Waals surface area contributed by atoms with Gasteiger partial charge in [-0.3, -0.25) is 9.59 Å². The molecular weight excluding hydrogens is 365 g/mol. The number of anilines is 1. The quantitative estimate of drug-likeness (QED) is 0.735. The normalized spacial score (nSPS) is 13.2. The maximum Gasteiger partial charge on any atom is 0.261 e. The highest BCUT2D eigenvalue weighted by molar-refractivity contribution is 7.16. The fourth-order valence-corrected chi connectivity index (χ4v) is 4.80. The van der Waals surface area contributed by atoms with Gasteiger partial charge in [-0.25, -0.2) is 4.39 Å². The number of pyridine rings is 1. The van der Waals surface area contributed by atoms with Gasteiger partial charge in [0.05, 0.1) is 11.1 Å². The summed E-state index contributed by atoms with van der Waals surface area (Å²) in [6.07, 6.45) is 5.28. The second-order valence-electron chi connectivity index (χ2n) is 6.63. The topological polar surface area (TPSA) is 74.9 Å². The molecule has 5 nitrogen and oxygen atoms in total. The van der Waals surface area contributed by atoms with Gasteiger partial charge in [0, 0.05) is 23.5 Å². The second kappa shape index (κ2) is 6.63. The fraction of sp³-hybridized carbons (Fsp3) is 0.250. The number of carbonyl (C=O) groups excluding carboxylic acids is 1. The number of nitrogens with zero attached hydrogens (tertiary/aromatic N) is 2. The van der Waals surface area contributed by atoms with E-state index in [0.29, 0.717) is 16.1 Å². The summed E-state index contributed by atoms with van der Waals surface area (Å²) in [5.74, 6) is -1.12. The number of nitriles is 1. The Morgan fingerprint density at radius 1 is 1.33 bits per heavy atom. The number of benzene rings is 1. The molecule has 0 radical (unpaired) electrons. The van der Waals surface area contributed by atoms with E-state index >= 15 is 0 Å². The smallest absolute Gasteiger partial charge is 0.261 e. The summed E-state index contributed by atoms with van der Waals surface area (Å²) in [6, 6.07) is 6.11. The molecule has 0 saturated heterocycles. The van der Waals surface area contributed by atoms with Crippen molar-refractivity contribution in [3.05, 3.63) is 62.0 Å². The molecule has 0 fully saturated rings. The Morgan fingerprint density at radius 3 is 2.89 bits per heavy atom. The number of carbonyl (C=O) groups is 1.